The lowest BCUT2D eigenvalue weighted by atomic mass is 10.1. The van der Waals surface area contributed by atoms with E-state index in [9.17, 15) is 9.59 Å². The largest absolute Gasteiger partial charge is 0.497 e. The molecule has 0 unspecified atom stereocenters. The van der Waals surface area contributed by atoms with Crippen molar-refractivity contribution in [2.45, 2.75) is 20.0 Å². The summed E-state index contributed by atoms with van der Waals surface area (Å²) in [5.41, 5.74) is 2.75. The van der Waals surface area contributed by atoms with Crippen molar-refractivity contribution in [3.8, 4) is 11.6 Å². The number of methoxy groups -OCH3 is 1. The summed E-state index contributed by atoms with van der Waals surface area (Å²) in [5, 5.41) is 0.504. The SMILES string of the molecule is COc1cccc(Cn2c(C)c3c(=O)n(-c4ccccn4)n(Cc4ccccc4)c3cc2=O)c1. The molecule has 0 aliphatic heterocycles. The first-order valence-corrected chi connectivity index (χ1v) is 11.0. The van der Waals surface area contributed by atoms with Crippen molar-refractivity contribution in [2.75, 3.05) is 7.11 Å². The van der Waals surface area contributed by atoms with Gasteiger partial charge in [0.2, 0.25) is 0 Å². The summed E-state index contributed by atoms with van der Waals surface area (Å²) in [4.78, 5) is 31.4. The van der Waals surface area contributed by atoms with E-state index in [2.05, 4.69) is 4.98 Å². The van der Waals surface area contributed by atoms with Gasteiger partial charge in [-0.1, -0.05) is 48.5 Å². The molecule has 0 saturated carbocycles. The Morgan fingerprint density at radius 3 is 2.35 bits per heavy atom. The van der Waals surface area contributed by atoms with Crippen LogP contribution in [0.5, 0.6) is 5.75 Å². The van der Waals surface area contributed by atoms with E-state index in [1.807, 2.05) is 78.3 Å². The van der Waals surface area contributed by atoms with Crippen molar-refractivity contribution >= 4 is 10.9 Å². The van der Waals surface area contributed by atoms with Gasteiger partial charge in [0.1, 0.15) is 5.75 Å². The fourth-order valence-electron chi connectivity index (χ4n) is 4.31. The predicted octanol–water partition coefficient (Wildman–Crippen LogP) is 3.76. The first-order chi connectivity index (χ1) is 16.6. The second-order valence-electron chi connectivity index (χ2n) is 8.11. The molecule has 3 aromatic heterocycles. The maximum Gasteiger partial charge on any atom is 0.282 e. The van der Waals surface area contributed by atoms with E-state index in [0.717, 1.165) is 16.9 Å². The van der Waals surface area contributed by atoms with Gasteiger partial charge in [-0.3, -0.25) is 14.3 Å². The third-order valence-corrected chi connectivity index (χ3v) is 5.99. The van der Waals surface area contributed by atoms with Crippen LogP contribution in [0.4, 0.5) is 0 Å². The average molecular weight is 453 g/mol. The number of aryl methyl sites for hydroxylation is 1. The van der Waals surface area contributed by atoms with Crippen LogP contribution in [0.1, 0.15) is 16.8 Å². The van der Waals surface area contributed by atoms with E-state index in [0.29, 0.717) is 35.5 Å². The van der Waals surface area contributed by atoms with Crippen molar-refractivity contribution in [3.63, 3.8) is 0 Å². The van der Waals surface area contributed by atoms with Crippen LogP contribution in [0.15, 0.2) is 94.6 Å². The standard InChI is InChI=1S/C27H24N4O3/c1-19-26-23(16-25(32)29(19)17-21-11-8-12-22(15-21)34-2)30(18-20-9-4-3-5-10-20)31(27(26)33)24-13-6-7-14-28-24/h3-16H,17-18H2,1-2H3. The highest BCUT2D eigenvalue weighted by Gasteiger charge is 2.20. The van der Waals surface area contributed by atoms with Crippen LogP contribution in [0, 0.1) is 6.92 Å². The maximum atomic E-state index is 13.7. The van der Waals surface area contributed by atoms with E-state index < -0.39 is 0 Å². The zero-order valence-corrected chi connectivity index (χ0v) is 19.0. The number of aromatic nitrogens is 4. The molecule has 5 aromatic rings. The summed E-state index contributed by atoms with van der Waals surface area (Å²) >= 11 is 0. The van der Waals surface area contributed by atoms with Crippen molar-refractivity contribution in [1.82, 2.24) is 18.9 Å². The highest BCUT2D eigenvalue weighted by Crippen LogP contribution is 2.20. The minimum atomic E-state index is -0.207. The number of ether oxygens (including phenoxy) is 1. The Kier molecular flexibility index (Phi) is 5.59. The Bertz CT molecular complexity index is 1580. The molecular weight excluding hydrogens is 428 g/mol. The topological polar surface area (TPSA) is 71.0 Å². The number of hydrogen-bond acceptors (Lipinski definition) is 4. The van der Waals surface area contributed by atoms with Crippen molar-refractivity contribution < 1.29 is 4.74 Å². The van der Waals surface area contributed by atoms with E-state index in [4.69, 9.17) is 4.74 Å². The van der Waals surface area contributed by atoms with Crippen molar-refractivity contribution in [3.05, 3.63) is 123 Å². The Labute approximate surface area is 196 Å². The second-order valence-corrected chi connectivity index (χ2v) is 8.11. The van der Waals surface area contributed by atoms with E-state index >= 15 is 0 Å². The number of nitrogens with zero attached hydrogens (tertiary/aromatic N) is 4. The zero-order chi connectivity index (χ0) is 23.7. The van der Waals surface area contributed by atoms with Gasteiger partial charge >= 0.3 is 0 Å². The van der Waals surface area contributed by atoms with Gasteiger partial charge in [-0.2, -0.15) is 4.68 Å². The lowest BCUT2D eigenvalue weighted by Gasteiger charge is -2.13. The Hall–Kier alpha value is -4.39. The number of fused-ring (bicyclic) bond motifs is 1. The highest BCUT2D eigenvalue weighted by atomic mass is 16.5. The minimum Gasteiger partial charge on any atom is -0.497 e. The third-order valence-electron chi connectivity index (χ3n) is 5.99. The molecule has 0 bridgehead atoms. The number of hydrogen-bond donors (Lipinski definition) is 0. The monoisotopic (exact) mass is 452 g/mol. The third kappa shape index (κ3) is 3.81. The van der Waals surface area contributed by atoms with Crippen molar-refractivity contribution in [1.29, 1.82) is 0 Å². The van der Waals surface area contributed by atoms with Crippen LogP contribution >= 0.6 is 0 Å². The van der Waals surface area contributed by atoms with Crippen LogP contribution in [-0.2, 0) is 13.1 Å². The molecule has 7 heteroatoms. The van der Waals surface area contributed by atoms with Gasteiger partial charge in [0.05, 0.1) is 31.1 Å². The maximum absolute atomic E-state index is 13.7. The zero-order valence-electron chi connectivity index (χ0n) is 19.0. The molecule has 0 atom stereocenters. The summed E-state index contributed by atoms with van der Waals surface area (Å²) < 4.78 is 10.3. The molecule has 0 aliphatic carbocycles. The minimum absolute atomic E-state index is 0.173. The average Bonchev–Trinajstić information content (AvgIpc) is 3.13. The first kappa shape index (κ1) is 21.5. The number of pyridine rings is 2. The van der Waals surface area contributed by atoms with Crippen LogP contribution < -0.4 is 15.9 Å². The lowest BCUT2D eigenvalue weighted by molar-refractivity contribution is 0.414. The van der Waals surface area contributed by atoms with E-state index in [1.165, 1.54) is 0 Å². The van der Waals surface area contributed by atoms with Gasteiger partial charge in [0.15, 0.2) is 5.82 Å². The van der Waals surface area contributed by atoms with Crippen LogP contribution in [0.25, 0.3) is 16.7 Å². The van der Waals surface area contributed by atoms with Crippen LogP contribution in [-0.4, -0.2) is 26.0 Å². The van der Waals surface area contributed by atoms with Crippen molar-refractivity contribution in [2.24, 2.45) is 0 Å². The predicted molar refractivity (Wildman–Crippen MR) is 132 cm³/mol. The van der Waals surface area contributed by atoms with Gasteiger partial charge < -0.3 is 9.30 Å². The normalized spacial score (nSPS) is 11.1. The molecule has 2 aromatic carbocycles. The molecule has 0 saturated heterocycles. The molecule has 0 N–H and O–H groups in total. The van der Waals surface area contributed by atoms with Gasteiger partial charge in [-0.05, 0) is 42.3 Å². The quantitative estimate of drug-likeness (QED) is 0.393. The summed E-state index contributed by atoms with van der Waals surface area (Å²) in [6.45, 7) is 2.58. The molecule has 0 spiro atoms. The van der Waals surface area contributed by atoms with Gasteiger partial charge in [-0.15, -0.1) is 0 Å². The molecular formula is C27H24N4O3. The lowest BCUT2D eigenvalue weighted by Crippen LogP contribution is -2.24. The van der Waals surface area contributed by atoms with E-state index in [-0.39, 0.29) is 11.1 Å². The van der Waals surface area contributed by atoms with Gasteiger partial charge in [0, 0.05) is 18.0 Å². The molecule has 34 heavy (non-hydrogen) atoms. The first-order valence-electron chi connectivity index (χ1n) is 11.0. The number of rotatable bonds is 6. The fraction of sp³-hybridized carbons (Fsp3) is 0.148. The van der Waals surface area contributed by atoms with E-state index in [1.54, 1.807) is 34.7 Å². The summed E-state index contributed by atoms with van der Waals surface area (Å²) in [5.74, 6) is 1.22. The molecule has 170 valence electrons. The summed E-state index contributed by atoms with van der Waals surface area (Å²) in [6.07, 6.45) is 1.65. The van der Waals surface area contributed by atoms with Gasteiger partial charge in [-0.25, -0.2) is 4.98 Å². The molecule has 3 heterocycles. The molecule has 0 fully saturated rings. The van der Waals surface area contributed by atoms with Crippen LogP contribution in [0.2, 0.25) is 0 Å². The molecule has 0 amide bonds. The van der Waals surface area contributed by atoms with Crippen LogP contribution in [0.3, 0.4) is 0 Å². The summed E-state index contributed by atoms with van der Waals surface area (Å²) in [7, 11) is 1.61. The number of benzene rings is 2. The Balaban J connectivity index is 1.73. The molecule has 0 radical (unpaired) electrons. The molecule has 0 aliphatic rings. The molecule has 7 nitrogen and oxygen atoms in total. The van der Waals surface area contributed by atoms with Gasteiger partial charge in [0.25, 0.3) is 11.1 Å². The Morgan fingerprint density at radius 1 is 0.853 bits per heavy atom. The second kappa shape index (κ2) is 8.86. The fourth-order valence-corrected chi connectivity index (χ4v) is 4.31. The highest BCUT2D eigenvalue weighted by molar-refractivity contribution is 5.81. The molecule has 5 rings (SSSR count). The summed E-state index contributed by atoms with van der Waals surface area (Å²) in [6, 6.07) is 24.4. The smallest absolute Gasteiger partial charge is 0.282 e. The Morgan fingerprint density at radius 2 is 1.62 bits per heavy atom.